The number of carbonyl (C=O) groups is 1. The lowest BCUT2D eigenvalue weighted by molar-refractivity contribution is -0.113. The Labute approximate surface area is 162 Å². The maximum absolute atomic E-state index is 14.0. The normalized spacial score (nSPS) is 10.8. The summed E-state index contributed by atoms with van der Waals surface area (Å²) in [6, 6.07) is 12.4. The Morgan fingerprint density at radius 3 is 2.70 bits per heavy atom. The number of hydrogen-bond acceptors (Lipinski definition) is 4. The zero-order valence-electron chi connectivity index (χ0n) is 15.5. The Kier molecular flexibility index (Phi) is 5.91. The van der Waals surface area contributed by atoms with Crippen LogP contribution in [0.1, 0.15) is 18.1 Å². The van der Waals surface area contributed by atoms with Gasteiger partial charge < -0.3 is 9.88 Å². The van der Waals surface area contributed by atoms with E-state index in [2.05, 4.69) is 22.4 Å². The molecule has 0 atom stereocenters. The van der Waals surface area contributed by atoms with E-state index in [0.29, 0.717) is 16.5 Å². The molecule has 1 heterocycles. The Hall–Kier alpha value is -2.67. The molecule has 140 valence electrons. The van der Waals surface area contributed by atoms with Crippen molar-refractivity contribution >= 4 is 23.4 Å². The number of para-hydroxylation sites is 1. The molecule has 0 aliphatic rings. The number of nitrogens with zero attached hydrogens (tertiary/aromatic N) is 3. The average molecular weight is 384 g/mol. The van der Waals surface area contributed by atoms with E-state index in [1.165, 1.54) is 17.8 Å². The van der Waals surface area contributed by atoms with E-state index in [1.54, 1.807) is 29.8 Å². The number of amides is 1. The first-order valence-corrected chi connectivity index (χ1v) is 9.65. The standard InChI is InChI=1S/C20H21FN4OS/c1-4-14-9-7-8-13(2)18(14)22-17(26)12-27-20-24-23-19(25(20)3)15-10-5-6-11-16(15)21/h5-11H,4,12H2,1-3H3,(H,22,26). The van der Waals surface area contributed by atoms with Crippen LogP contribution in [0, 0.1) is 12.7 Å². The number of nitrogens with one attached hydrogen (secondary N) is 1. The summed E-state index contributed by atoms with van der Waals surface area (Å²) in [7, 11) is 1.76. The van der Waals surface area contributed by atoms with Crippen LogP contribution in [-0.4, -0.2) is 26.4 Å². The van der Waals surface area contributed by atoms with Gasteiger partial charge in [-0.15, -0.1) is 10.2 Å². The van der Waals surface area contributed by atoms with Crippen molar-refractivity contribution in [3.8, 4) is 11.4 Å². The van der Waals surface area contributed by atoms with Gasteiger partial charge >= 0.3 is 0 Å². The van der Waals surface area contributed by atoms with Gasteiger partial charge in [0.15, 0.2) is 11.0 Å². The van der Waals surface area contributed by atoms with Crippen LogP contribution in [-0.2, 0) is 18.3 Å². The second-order valence-corrected chi connectivity index (χ2v) is 7.09. The number of thioether (sulfide) groups is 1. The first-order chi connectivity index (χ1) is 13.0. The molecule has 0 saturated heterocycles. The fourth-order valence-corrected chi connectivity index (χ4v) is 3.54. The molecule has 27 heavy (non-hydrogen) atoms. The molecule has 1 amide bonds. The van der Waals surface area contributed by atoms with E-state index in [4.69, 9.17) is 0 Å². The monoisotopic (exact) mass is 384 g/mol. The highest BCUT2D eigenvalue weighted by molar-refractivity contribution is 7.99. The number of rotatable bonds is 6. The molecular formula is C20H21FN4OS. The lowest BCUT2D eigenvalue weighted by Crippen LogP contribution is -2.16. The van der Waals surface area contributed by atoms with Gasteiger partial charge in [0.25, 0.3) is 0 Å². The highest BCUT2D eigenvalue weighted by Gasteiger charge is 2.16. The Morgan fingerprint density at radius 2 is 1.96 bits per heavy atom. The molecule has 1 aromatic heterocycles. The van der Waals surface area contributed by atoms with Gasteiger partial charge in [-0.1, -0.05) is 49.0 Å². The average Bonchev–Trinajstić information content (AvgIpc) is 3.02. The minimum Gasteiger partial charge on any atom is -0.325 e. The predicted octanol–water partition coefficient (Wildman–Crippen LogP) is 4.22. The smallest absolute Gasteiger partial charge is 0.234 e. The largest absolute Gasteiger partial charge is 0.325 e. The van der Waals surface area contributed by atoms with Gasteiger partial charge in [-0.25, -0.2) is 4.39 Å². The Balaban J connectivity index is 1.70. The molecule has 0 saturated carbocycles. The van der Waals surface area contributed by atoms with E-state index in [0.717, 1.165) is 23.2 Å². The summed E-state index contributed by atoms with van der Waals surface area (Å²) in [4.78, 5) is 12.4. The molecule has 0 aliphatic carbocycles. The molecule has 0 fully saturated rings. The molecule has 0 bridgehead atoms. The van der Waals surface area contributed by atoms with Crippen molar-refractivity contribution in [2.75, 3.05) is 11.1 Å². The van der Waals surface area contributed by atoms with Crippen LogP contribution in [0.4, 0.5) is 10.1 Å². The van der Waals surface area contributed by atoms with E-state index >= 15 is 0 Å². The van der Waals surface area contributed by atoms with Crippen molar-refractivity contribution in [2.24, 2.45) is 7.05 Å². The summed E-state index contributed by atoms with van der Waals surface area (Å²) in [6.45, 7) is 4.04. The van der Waals surface area contributed by atoms with Gasteiger partial charge in [0.1, 0.15) is 5.82 Å². The van der Waals surface area contributed by atoms with E-state index < -0.39 is 0 Å². The van der Waals surface area contributed by atoms with E-state index in [-0.39, 0.29) is 17.5 Å². The fraction of sp³-hybridized carbons (Fsp3) is 0.250. The summed E-state index contributed by atoms with van der Waals surface area (Å²) in [5.41, 5.74) is 3.40. The topological polar surface area (TPSA) is 59.8 Å². The first kappa shape index (κ1) is 19.1. The summed E-state index contributed by atoms with van der Waals surface area (Å²) < 4.78 is 15.7. The molecule has 0 radical (unpaired) electrons. The fourth-order valence-electron chi connectivity index (χ4n) is 2.83. The van der Waals surface area contributed by atoms with Gasteiger partial charge in [-0.2, -0.15) is 0 Å². The summed E-state index contributed by atoms with van der Waals surface area (Å²) in [5.74, 6) is 0.164. The molecular weight excluding hydrogens is 363 g/mol. The number of anilines is 1. The van der Waals surface area contributed by atoms with Gasteiger partial charge in [-0.05, 0) is 36.6 Å². The third kappa shape index (κ3) is 4.19. The van der Waals surface area contributed by atoms with Gasteiger partial charge in [0, 0.05) is 12.7 Å². The number of aryl methyl sites for hydroxylation is 2. The minimum atomic E-state index is -0.353. The van der Waals surface area contributed by atoms with Gasteiger partial charge in [0.2, 0.25) is 5.91 Å². The van der Waals surface area contributed by atoms with E-state index in [9.17, 15) is 9.18 Å². The number of carbonyl (C=O) groups excluding carboxylic acids is 1. The van der Waals surface area contributed by atoms with Crippen LogP contribution in [0.25, 0.3) is 11.4 Å². The van der Waals surface area contributed by atoms with E-state index in [1.807, 2.05) is 25.1 Å². The second-order valence-electron chi connectivity index (χ2n) is 6.14. The van der Waals surface area contributed by atoms with Gasteiger partial charge in [-0.3, -0.25) is 4.79 Å². The van der Waals surface area contributed by atoms with Crippen LogP contribution in [0.3, 0.4) is 0 Å². The highest BCUT2D eigenvalue weighted by Crippen LogP contribution is 2.25. The van der Waals surface area contributed by atoms with Crippen molar-refractivity contribution in [3.63, 3.8) is 0 Å². The molecule has 3 aromatic rings. The van der Waals surface area contributed by atoms with Crippen LogP contribution < -0.4 is 5.32 Å². The van der Waals surface area contributed by atoms with Crippen LogP contribution in [0.15, 0.2) is 47.6 Å². The maximum atomic E-state index is 14.0. The molecule has 7 heteroatoms. The molecule has 2 aromatic carbocycles. The van der Waals surface area contributed by atoms with Crippen molar-refractivity contribution < 1.29 is 9.18 Å². The van der Waals surface area contributed by atoms with Crippen LogP contribution in [0.2, 0.25) is 0 Å². The summed E-state index contributed by atoms with van der Waals surface area (Å²) in [6.07, 6.45) is 0.847. The van der Waals surface area contributed by atoms with Crippen LogP contribution >= 0.6 is 11.8 Å². The van der Waals surface area contributed by atoms with Crippen molar-refractivity contribution in [2.45, 2.75) is 25.4 Å². The molecule has 0 aliphatic heterocycles. The lowest BCUT2D eigenvalue weighted by Gasteiger charge is -2.12. The predicted molar refractivity (Wildman–Crippen MR) is 106 cm³/mol. The Morgan fingerprint density at radius 1 is 1.19 bits per heavy atom. The molecule has 0 unspecified atom stereocenters. The summed E-state index contributed by atoms with van der Waals surface area (Å²) in [5, 5.41) is 11.7. The zero-order valence-corrected chi connectivity index (χ0v) is 16.3. The third-order valence-electron chi connectivity index (χ3n) is 4.29. The SMILES string of the molecule is CCc1cccc(C)c1NC(=O)CSc1nnc(-c2ccccc2F)n1C. The molecule has 3 rings (SSSR count). The highest BCUT2D eigenvalue weighted by atomic mass is 32.2. The van der Waals surface area contributed by atoms with Crippen LogP contribution in [0.5, 0.6) is 0 Å². The maximum Gasteiger partial charge on any atom is 0.234 e. The first-order valence-electron chi connectivity index (χ1n) is 8.66. The summed E-state index contributed by atoms with van der Waals surface area (Å²) >= 11 is 1.27. The third-order valence-corrected chi connectivity index (χ3v) is 5.31. The Bertz CT molecular complexity index is 970. The molecule has 5 nitrogen and oxygen atoms in total. The molecule has 1 N–H and O–H groups in total. The number of benzene rings is 2. The van der Waals surface area contributed by atoms with Gasteiger partial charge in [0.05, 0.1) is 11.3 Å². The van der Waals surface area contributed by atoms with Crippen molar-refractivity contribution in [1.82, 2.24) is 14.8 Å². The number of aromatic nitrogens is 3. The van der Waals surface area contributed by atoms with Crippen molar-refractivity contribution in [1.29, 1.82) is 0 Å². The minimum absolute atomic E-state index is 0.112. The number of hydrogen-bond donors (Lipinski definition) is 1. The second kappa shape index (κ2) is 8.35. The number of halogens is 1. The lowest BCUT2D eigenvalue weighted by atomic mass is 10.1. The zero-order chi connectivity index (χ0) is 19.4. The van der Waals surface area contributed by atoms with Crippen molar-refractivity contribution in [3.05, 3.63) is 59.4 Å². The quantitative estimate of drug-likeness (QED) is 0.647. The molecule has 0 spiro atoms.